The van der Waals surface area contributed by atoms with Gasteiger partial charge in [0.05, 0.1) is 17.8 Å². The molecule has 0 fully saturated rings. The second kappa shape index (κ2) is 5.28. The van der Waals surface area contributed by atoms with E-state index in [9.17, 15) is 4.79 Å². The number of amides is 1. The van der Waals surface area contributed by atoms with Gasteiger partial charge in [0, 0.05) is 19.4 Å². The summed E-state index contributed by atoms with van der Waals surface area (Å²) in [5, 5.41) is 6.92. The maximum atomic E-state index is 11.9. The largest absolute Gasteiger partial charge is 0.346 e. The Morgan fingerprint density at radius 1 is 1.50 bits per heavy atom. The zero-order chi connectivity index (χ0) is 13.0. The third-order valence-electron chi connectivity index (χ3n) is 2.39. The molecule has 0 saturated heterocycles. The van der Waals surface area contributed by atoms with Gasteiger partial charge in [-0.1, -0.05) is 0 Å². The van der Waals surface area contributed by atoms with Crippen molar-refractivity contribution in [1.29, 1.82) is 0 Å². The van der Waals surface area contributed by atoms with E-state index >= 15 is 0 Å². The van der Waals surface area contributed by atoms with Crippen LogP contribution in [0.5, 0.6) is 0 Å². The standard InChI is InChI=1S/C11H14N6O/c1-17-6-4-8(16-17)7-14-11(18)9-3-2-5-13-10(9)15-12/h2-6H,7,12H2,1H3,(H,13,15)(H,14,18). The van der Waals surface area contributed by atoms with Gasteiger partial charge in [-0.15, -0.1) is 0 Å². The highest BCUT2D eigenvalue weighted by atomic mass is 16.1. The van der Waals surface area contributed by atoms with Crippen LogP contribution in [-0.4, -0.2) is 20.7 Å². The van der Waals surface area contributed by atoms with E-state index in [1.807, 2.05) is 19.3 Å². The number of nitrogens with one attached hydrogen (secondary N) is 2. The minimum atomic E-state index is -0.248. The Hall–Kier alpha value is -2.41. The number of nitrogen functional groups attached to an aromatic ring is 1. The van der Waals surface area contributed by atoms with Crippen LogP contribution in [0, 0.1) is 0 Å². The average molecular weight is 246 g/mol. The molecule has 0 aliphatic rings. The molecule has 0 radical (unpaired) electrons. The summed E-state index contributed by atoms with van der Waals surface area (Å²) in [6.07, 6.45) is 3.38. The highest BCUT2D eigenvalue weighted by Gasteiger charge is 2.11. The normalized spacial score (nSPS) is 10.1. The van der Waals surface area contributed by atoms with Gasteiger partial charge in [-0.3, -0.25) is 9.48 Å². The van der Waals surface area contributed by atoms with Crippen LogP contribution >= 0.6 is 0 Å². The molecule has 0 atom stereocenters. The van der Waals surface area contributed by atoms with Gasteiger partial charge in [0.2, 0.25) is 0 Å². The lowest BCUT2D eigenvalue weighted by atomic mass is 10.2. The van der Waals surface area contributed by atoms with Gasteiger partial charge in [0.1, 0.15) is 0 Å². The molecule has 2 rings (SSSR count). The maximum Gasteiger partial charge on any atom is 0.255 e. The van der Waals surface area contributed by atoms with E-state index in [0.29, 0.717) is 17.9 Å². The molecule has 2 aromatic rings. The number of rotatable bonds is 4. The van der Waals surface area contributed by atoms with Gasteiger partial charge >= 0.3 is 0 Å². The van der Waals surface area contributed by atoms with Crippen molar-refractivity contribution in [1.82, 2.24) is 20.1 Å². The van der Waals surface area contributed by atoms with Crippen LogP contribution in [0.4, 0.5) is 5.82 Å². The molecule has 2 aromatic heterocycles. The molecule has 0 aliphatic carbocycles. The van der Waals surface area contributed by atoms with Gasteiger partial charge in [0.15, 0.2) is 5.82 Å². The summed E-state index contributed by atoms with van der Waals surface area (Å²) < 4.78 is 1.68. The van der Waals surface area contributed by atoms with Crippen molar-refractivity contribution in [2.75, 3.05) is 5.43 Å². The molecule has 7 heteroatoms. The predicted molar refractivity (Wildman–Crippen MR) is 66.4 cm³/mol. The molecule has 0 aromatic carbocycles. The number of aromatic nitrogens is 3. The van der Waals surface area contributed by atoms with Crippen LogP contribution in [0.25, 0.3) is 0 Å². The van der Waals surface area contributed by atoms with Crippen molar-refractivity contribution >= 4 is 11.7 Å². The van der Waals surface area contributed by atoms with Gasteiger partial charge in [0.25, 0.3) is 5.91 Å². The smallest absolute Gasteiger partial charge is 0.255 e. The fourth-order valence-electron chi connectivity index (χ4n) is 1.53. The zero-order valence-corrected chi connectivity index (χ0v) is 9.92. The first-order chi connectivity index (χ1) is 8.70. The first-order valence-corrected chi connectivity index (χ1v) is 5.39. The first-order valence-electron chi connectivity index (χ1n) is 5.39. The van der Waals surface area contributed by atoms with Gasteiger partial charge in [-0.2, -0.15) is 5.10 Å². The van der Waals surface area contributed by atoms with Crippen molar-refractivity contribution in [3.8, 4) is 0 Å². The number of pyridine rings is 1. The van der Waals surface area contributed by atoms with Crippen molar-refractivity contribution in [3.05, 3.63) is 41.9 Å². The first kappa shape index (κ1) is 12.1. The monoisotopic (exact) mass is 246 g/mol. The molecule has 0 unspecified atom stereocenters. The number of anilines is 1. The summed E-state index contributed by atoms with van der Waals surface area (Å²) in [5.74, 6) is 5.39. The number of carbonyl (C=O) groups excluding carboxylic acids is 1. The van der Waals surface area contributed by atoms with Crippen LogP contribution in [0.3, 0.4) is 0 Å². The van der Waals surface area contributed by atoms with Crippen molar-refractivity contribution in [2.24, 2.45) is 12.9 Å². The zero-order valence-electron chi connectivity index (χ0n) is 9.92. The quantitative estimate of drug-likeness (QED) is 0.522. The number of nitrogens with two attached hydrogens (primary N) is 1. The minimum Gasteiger partial charge on any atom is -0.346 e. The highest BCUT2D eigenvalue weighted by molar-refractivity contribution is 5.98. The molecular weight excluding hydrogens is 232 g/mol. The van der Waals surface area contributed by atoms with Crippen LogP contribution in [0.15, 0.2) is 30.6 Å². The molecule has 0 spiro atoms. The summed E-state index contributed by atoms with van der Waals surface area (Å²) in [5.41, 5.74) is 3.57. The molecule has 4 N–H and O–H groups in total. The molecule has 7 nitrogen and oxygen atoms in total. The topological polar surface area (TPSA) is 97.9 Å². The number of aryl methyl sites for hydroxylation is 1. The van der Waals surface area contributed by atoms with Crippen molar-refractivity contribution in [3.63, 3.8) is 0 Å². The molecule has 1 amide bonds. The Labute approximate surface area is 104 Å². The van der Waals surface area contributed by atoms with E-state index in [2.05, 4.69) is 20.8 Å². The van der Waals surface area contributed by atoms with Gasteiger partial charge in [-0.25, -0.2) is 10.8 Å². The van der Waals surface area contributed by atoms with E-state index in [-0.39, 0.29) is 5.91 Å². The lowest BCUT2D eigenvalue weighted by Crippen LogP contribution is -2.25. The van der Waals surface area contributed by atoms with Crippen molar-refractivity contribution in [2.45, 2.75) is 6.54 Å². The highest BCUT2D eigenvalue weighted by Crippen LogP contribution is 2.09. The van der Waals surface area contributed by atoms with E-state index in [0.717, 1.165) is 5.69 Å². The third-order valence-corrected chi connectivity index (χ3v) is 2.39. The summed E-state index contributed by atoms with van der Waals surface area (Å²) in [6, 6.07) is 5.16. The van der Waals surface area contributed by atoms with E-state index in [4.69, 9.17) is 5.84 Å². The Morgan fingerprint density at radius 2 is 2.33 bits per heavy atom. The van der Waals surface area contributed by atoms with Crippen LogP contribution in [0.2, 0.25) is 0 Å². The number of hydrazine groups is 1. The Balaban J connectivity index is 2.03. The second-order valence-corrected chi connectivity index (χ2v) is 3.71. The summed E-state index contributed by atoms with van der Waals surface area (Å²) in [7, 11) is 1.82. The van der Waals surface area contributed by atoms with Gasteiger partial charge < -0.3 is 10.7 Å². The number of hydrogen-bond donors (Lipinski definition) is 3. The van der Waals surface area contributed by atoms with Gasteiger partial charge in [-0.05, 0) is 18.2 Å². The minimum absolute atomic E-state index is 0.248. The summed E-state index contributed by atoms with van der Waals surface area (Å²) in [6.45, 7) is 0.360. The van der Waals surface area contributed by atoms with E-state index in [1.54, 1.807) is 23.0 Å². The van der Waals surface area contributed by atoms with E-state index < -0.39 is 0 Å². The Kier molecular flexibility index (Phi) is 3.54. The lowest BCUT2D eigenvalue weighted by molar-refractivity contribution is 0.0951. The number of hydrogen-bond acceptors (Lipinski definition) is 5. The summed E-state index contributed by atoms with van der Waals surface area (Å²) >= 11 is 0. The van der Waals surface area contributed by atoms with Crippen LogP contribution < -0.4 is 16.6 Å². The SMILES string of the molecule is Cn1ccc(CNC(=O)c2cccnc2NN)n1. The molecule has 18 heavy (non-hydrogen) atoms. The fourth-order valence-corrected chi connectivity index (χ4v) is 1.53. The maximum absolute atomic E-state index is 11.9. The lowest BCUT2D eigenvalue weighted by Gasteiger charge is -2.07. The van der Waals surface area contributed by atoms with Crippen LogP contribution in [0.1, 0.15) is 16.1 Å². The molecule has 94 valence electrons. The van der Waals surface area contributed by atoms with Crippen molar-refractivity contribution < 1.29 is 4.79 Å². The molecule has 2 heterocycles. The predicted octanol–water partition coefficient (Wildman–Crippen LogP) is 0.0307. The second-order valence-electron chi connectivity index (χ2n) is 3.71. The van der Waals surface area contributed by atoms with Crippen LogP contribution in [-0.2, 0) is 13.6 Å². The molecular formula is C11H14N6O. The molecule has 0 bridgehead atoms. The Bertz CT molecular complexity index is 550. The number of nitrogens with zero attached hydrogens (tertiary/aromatic N) is 3. The average Bonchev–Trinajstić information content (AvgIpc) is 2.81. The fraction of sp³-hybridized carbons (Fsp3) is 0.182. The molecule has 0 saturated carbocycles. The third kappa shape index (κ3) is 2.64. The molecule has 0 aliphatic heterocycles. The van der Waals surface area contributed by atoms with E-state index in [1.165, 1.54) is 0 Å². The Morgan fingerprint density at radius 3 is 3.00 bits per heavy atom. The number of carbonyl (C=O) groups is 1. The summed E-state index contributed by atoms with van der Waals surface area (Å²) in [4.78, 5) is 15.9.